The van der Waals surface area contributed by atoms with Gasteiger partial charge in [-0.1, -0.05) is 42.5 Å². The molecule has 2 amide bonds. The fourth-order valence-corrected chi connectivity index (χ4v) is 12.4. The van der Waals surface area contributed by atoms with Gasteiger partial charge in [-0.3, -0.25) is 73.9 Å². The zero-order chi connectivity index (χ0) is 75.4. The number of anilines is 1. The molecule has 0 spiro atoms. The summed E-state index contributed by atoms with van der Waals surface area (Å²) in [6, 6.07) is 55.4. The predicted octanol–water partition coefficient (Wildman–Crippen LogP) is 8.35. The fraction of sp³-hybridized carbons (Fsp3) is 0.222. The summed E-state index contributed by atoms with van der Waals surface area (Å²) in [6.07, 6.45) is 12.3. The SMILES string of the molecule is NCCNC(=O)c1ccc(CN(Cc2ccccn2)CC(O)CN(Cc2ccccn2)Cc2ccccn2)nc1.O=C(NCCNC(=S)Nc1ccc(-c2c3ccc(=O)cc-3oc3cc(O)ccc23)c(C(=O)O)c1)c1ccc(CN(Cc2ccccn2)CC(O)CN(Cc2ccccn2)Cc2ccccn2)nc1. The van der Waals surface area contributed by atoms with Gasteiger partial charge in [0.25, 0.3) is 11.8 Å². The molecule has 0 fully saturated rings. The first kappa shape index (κ1) is 77.1. The van der Waals surface area contributed by atoms with Gasteiger partial charge >= 0.3 is 5.97 Å². The first-order valence-electron chi connectivity index (χ1n) is 35.1. The Balaban J connectivity index is 0.000000247. The third-order valence-corrected chi connectivity index (χ3v) is 17.3. The summed E-state index contributed by atoms with van der Waals surface area (Å²) in [5.41, 5.74) is 15.0. The van der Waals surface area contributed by atoms with E-state index >= 15 is 0 Å². The molecule has 27 heteroatoms. The summed E-state index contributed by atoms with van der Waals surface area (Å²) in [5, 5.41) is 55.6. The molecule has 10 N–H and O–H groups in total. The van der Waals surface area contributed by atoms with Gasteiger partial charge in [0.2, 0.25) is 0 Å². The smallest absolute Gasteiger partial charge is 0.336 e. The molecule has 2 unspecified atom stereocenters. The highest BCUT2D eigenvalue weighted by atomic mass is 32.1. The zero-order valence-electron chi connectivity index (χ0n) is 59.2. The molecule has 2 aromatic carbocycles. The van der Waals surface area contributed by atoms with Crippen molar-refractivity contribution >= 4 is 51.8 Å². The number of benzene rings is 3. The van der Waals surface area contributed by atoms with Gasteiger partial charge in [-0.05, 0) is 151 Å². The number of carbonyl (C=O) groups excluding carboxylic acids is 2. The number of phenolic OH excluding ortho intramolecular Hbond substituents is 1. The molecule has 0 bridgehead atoms. The summed E-state index contributed by atoms with van der Waals surface area (Å²) in [7, 11) is 0. The molecule has 1 aliphatic carbocycles. The molecule has 12 rings (SSSR count). The second kappa shape index (κ2) is 39.3. The van der Waals surface area contributed by atoms with Gasteiger partial charge in [0.1, 0.15) is 17.1 Å². The molecule has 108 heavy (non-hydrogen) atoms. The van der Waals surface area contributed by atoms with Gasteiger partial charge in [-0.15, -0.1) is 0 Å². The molecule has 1 aliphatic heterocycles. The zero-order valence-corrected chi connectivity index (χ0v) is 60.0. The summed E-state index contributed by atoms with van der Waals surface area (Å²) in [5.74, 6) is -1.53. The van der Waals surface area contributed by atoms with Crippen LogP contribution in [0.5, 0.6) is 5.75 Å². The number of thiocarbonyl (C=S) groups is 1. The van der Waals surface area contributed by atoms with Gasteiger partial charge in [-0.2, -0.15) is 0 Å². The highest BCUT2D eigenvalue weighted by Gasteiger charge is 2.25. The first-order valence-corrected chi connectivity index (χ1v) is 35.5. The molecule has 9 heterocycles. The highest BCUT2D eigenvalue weighted by molar-refractivity contribution is 7.80. The number of aromatic carboxylic acids is 1. The maximum Gasteiger partial charge on any atom is 0.336 e. The Morgan fingerprint density at radius 1 is 0.454 bits per heavy atom. The van der Waals surface area contributed by atoms with E-state index in [2.05, 4.69) is 80.7 Å². The van der Waals surface area contributed by atoms with Crippen LogP contribution in [0.1, 0.15) is 76.6 Å². The highest BCUT2D eigenvalue weighted by Crippen LogP contribution is 2.42. The summed E-state index contributed by atoms with van der Waals surface area (Å²) >= 11 is 5.49. The molecule has 552 valence electrons. The quantitative estimate of drug-likeness (QED) is 0.0104. The number of nitrogens with two attached hydrogens (primary N) is 1. The number of rotatable bonds is 34. The largest absolute Gasteiger partial charge is 0.508 e. The topological polar surface area (TPSA) is 353 Å². The molecule has 26 nitrogen and oxygen atoms in total. The second-order valence-corrected chi connectivity index (χ2v) is 26.0. The van der Waals surface area contributed by atoms with Crippen LogP contribution in [0.25, 0.3) is 33.4 Å². The second-order valence-electron chi connectivity index (χ2n) is 25.6. The van der Waals surface area contributed by atoms with Gasteiger partial charge in [0.05, 0.1) is 74.4 Å². The number of nitrogens with one attached hydrogen (secondary N) is 4. The van der Waals surface area contributed by atoms with Crippen molar-refractivity contribution in [2.75, 3.05) is 57.7 Å². The average molecular weight is 1470 g/mol. The van der Waals surface area contributed by atoms with Crippen molar-refractivity contribution in [2.45, 2.75) is 64.6 Å². The van der Waals surface area contributed by atoms with Crippen molar-refractivity contribution < 1.29 is 39.2 Å². The summed E-state index contributed by atoms with van der Waals surface area (Å²) in [6.45, 7) is 6.93. The van der Waals surface area contributed by atoms with Crippen LogP contribution in [0.2, 0.25) is 0 Å². The van der Waals surface area contributed by atoms with E-state index in [1.165, 1.54) is 36.5 Å². The van der Waals surface area contributed by atoms with Crippen LogP contribution < -0.4 is 32.4 Å². The Morgan fingerprint density at radius 2 is 0.852 bits per heavy atom. The summed E-state index contributed by atoms with van der Waals surface area (Å²) < 4.78 is 5.92. The Labute approximate surface area is 629 Å². The van der Waals surface area contributed by atoms with Crippen LogP contribution in [0, 0.1) is 0 Å². The molecular formula is C81H83N17O9S. The lowest BCUT2D eigenvalue weighted by Gasteiger charge is -2.29. The number of carbonyl (C=O) groups is 3. The molecule has 2 aliphatic rings. The number of hydrogen-bond acceptors (Lipinski definition) is 22. The molecule has 10 aromatic rings. The van der Waals surface area contributed by atoms with Crippen LogP contribution in [-0.4, -0.2) is 167 Å². The molecular weight excluding hydrogens is 1390 g/mol. The number of hydrogen-bond donors (Lipinski definition) is 9. The van der Waals surface area contributed by atoms with Crippen molar-refractivity contribution in [1.29, 1.82) is 0 Å². The van der Waals surface area contributed by atoms with Gasteiger partial charge in [0, 0.05) is 189 Å². The first-order chi connectivity index (χ1) is 52.6. The van der Waals surface area contributed by atoms with E-state index in [1.54, 1.807) is 85.8 Å². The van der Waals surface area contributed by atoms with E-state index in [0.717, 1.165) is 39.9 Å². The van der Waals surface area contributed by atoms with Crippen LogP contribution in [0.4, 0.5) is 5.69 Å². The van der Waals surface area contributed by atoms with E-state index in [1.807, 2.05) is 115 Å². The number of aromatic hydroxyl groups is 1. The van der Waals surface area contributed by atoms with Crippen molar-refractivity contribution in [3.05, 3.63) is 310 Å². The van der Waals surface area contributed by atoms with E-state index in [-0.39, 0.29) is 58.1 Å². The number of amides is 2. The maximum absolute atomic E-state index is 13.1. The van der Waals surface area contributed by atoms with Gasteiger partial charge < -0.3 is 51.8 Å². The van der Waals surface area contributed by atoms with Crippen molar-refractivity contribution in [1.82, 2.24) is 75.4 Å². The van der Waals surface area contributed by atoms with Crippen molar-refractivity contribution in [3.63, 3.8) is 0 Å². The summed E-state index contributed by atoms with van der Waals surface area (Å²) in [4.78, 5) is 94.7. The fourth-order valence-electron chi connectivity index (χ4n) is 12.2. The van der Waals surface area contributed by atoms with Crippen molar-refractivity contribution in [2.24, 2.45) is 5.73 Å². The van der Waals surface area contributed by atoms with Crippen LogP contribution in [0.3, 0.4) is 0 Å². The number of carboxylic acids is 1. The minimum atomic E-state index is -1.19. The van der Waals surface area contributed by atoms with Crippen LogP contribution in [-0.2, 0) is 52.4 Å². The Hall–Kier alpha value is -12.1. The van der Waals surface area contributed by atoms with E-state index in [0.29, 0.717) is 136 Å². The van der Waals surface area contributed by atoms with Crippen LogP contribution in [0.15, 0.2) is 247 Å². The predicted molar refractivity (Wildman–Crippen MR) is 413 cm³/mol. The number of phenols is 1. The number of aliphatic hydroxyl groups is 2. The molecule has 0 radical (unpaired) electrons. The Kier molecular flexibility index (Phi) is 28.1. The number of carboxylic acid groups (broad SMARTS) is 1. The minimum absolute atomic E-state index is 0.0346. The normalized spacial score (nSPS) is 11.8. The van der Waals surface area contributed by atoms with E-state index < -0.39 is 18.2 Å². The minimum Gasteiger partial charge on any atom is -0.508 e. The molecule has 8 aromatic heterocycles. The Morgan fingerprint density at radius 3 is 1.23 bits per heavy atom. The van der Waals surface area contributed by atoms with Crippen LogP contribution >= 0.6 is 12.2 Å². The average Bonchev–Trinajstić information content (AvgIpc) is 0.747. The molecule has 0 saturated heterocycles. The lowest BCUT2D eigenvalue weighted by atomic mass is 9.90. The van der Waals surface area contributed by atoms with Gasteiger partial charge in [0.15, 0.2) is 10.5 Å². The van der Waals surface area contributed by atoms with E-state index in [4.69, 9.17) is 22.4 Å². The Bertz CT molecular complexity index is 4800. The standard InChI is InChI=1S/C51H47N9O7S.C30H36N8O2/c61-39-13-16-43-46(24-39)67-47-25-40(62)14-17-44(47)48(43)42-15-12-34(23-45(42)50(65)66)58-51(68)56-22-21-55-49(64)33-10-11-38(57-26-33)30-60(29-37-9-3-6-20-54-37)32-41(63)31-59(27-35-7-1-4-18-52-35)28-36-8-2-5-19-53-36;31-12-16-35-30(40)24-10-11-28(36-17-24)21-38(20-27-9-3-6-15-34-27)23-29(39)22-37(18-25-7-1-4-13-32-25)19-26-8-2-5-14-33-26/h1-20,23-26,41,61,63H,21-22,27-32H2,(H,55,64)(H,65,66)(H2,56,58,68);1-11,13-15,17,29,39H,12,16,18-23,31H2,(H,35,40). The lowest BCUT2D eigenvalue weighted by molar-refractivity contribution is 0.0612. The number of aromatic nitrogens is 8. The number of fused-ring (bicyclic) bond motifs is 2. The third kappa shape index (κ3) is 23.5. The number of pyridine rings is 8. The number of aliphatic hydroxyl groups excluding tert-OH is 2. The molecule has 2 atom stereocenters. The number of nitrogens with zero attached hydrogens (tertiary/aromatic N) is 12. The molecule has 0 saturated carbocycles. The monoisotopic (exact) mass is 1470 g/mol. The van der Waals surface area contributed by atoms with Gasteiger partial charge in [-0.25, -0.2) is 4.79 Å². The maximum atomic E-state index is 13.1. The van der Waals surface area contributed by atoms with E-state index in [9.17, 15) is 39.6 Å². The third-order valence-electron chi connectivity index (χ3n) is 17.1. The lowest BCUT2D eigenvalue weighted by Crippen LogP contribution is -2.40. The van der Waals surface area contributed by atoms with Crippen molar-refractivity contribution in [3.8, 4) is 28.2 Å².